The van der Waals surface area contributed by atoms with Crippen molar-refractivity contribution >= 4 is 0 Å². The van der Waals surface area contributed by atoms with Gasteiger partial charge in [-0.05, 0) is 63.6 Å². The van der Waals surface area contributed by atoms with Crippen LogP contribution in [0.3, 0.4) is 0 Å². The van der Waals surface area contributed by atoms with E-state index in [2.05, 4.69) is 18.7 Å². The Labute approximate surface area is 102 Å². The molecule has 96 valence electrons. The monoisotopic (exact) mass is 226 g/mol. The minimum Gasteiger partial charge on any atom is -0.330 e. The second-order valence-electron chi connectivity index (χ2n) is 5.37. The molecule has 2 nitrogen and oxygen atoms in total. The number of hydrogen-bond acceptors (Lipinski definition) is 2. The molecule has 0 spiro atoms. The molecule has 0 unspecified atom stereocenters. The Bertz CT molecular complexity index is 162. The Morgan fingerprint density at radius 3 is 2.19 bits per heavy atom. The zero-order chi connectivity index (χ0) is 11.8. The van der Waals surface area contributed by atoms with E-state index in [0.29, 0.717) is 0 Å². The van der Waals surface area contributed by atoms with E-state index in [9.17, 15) is 0 Å². The lowest BCUT2D eigenvalue weighted by Gasteiger charge is -2.32. The molecule has 2 heteroatoms. The first-order valence-corrected chi connectivity index (χ1v) is 7.22. The molecule has 0 aromatic rings. The third-order valence-corrected chi connectivity index (χ3v) is 4.09. The van der Waals surface area contributed by atoms with E-state index in [-0.39, 0.29) is 0 Å². The van der Waals surface area contributed by atoms with Gasteiger partial charge in [0.05, 0.1) is 0 Å². The summed E-state index contributed by atoms with van der Waals surface area (Å²) in [6.07, 6.45) is 8.22. The molecular formula is C14H30N2. The van der Waals surface area contributed by atoms with E-state index in [0.717, 1.165) is 18.4 Å². The van der Waals surface area contributed by atoms with Gasteiger partial charge in [0.2, 0.25) is 0 Å². The Hall–Kier alpha value is -0.0800. The van der Waals surface area contributed by atoms with E-state index in [4.69, 9.17) is 5.73 Å². The van der Waals surface area contributed by atoms with Crippen molar-refractivity contribution in [2.75, 3.05) is 26.2 Å². The molecule has 1 saturated carbocycles. The molecule has 0 heterocycles. The summed E-state index contributed by atoms with van der Waals surface area (Å²) in [5.74, 6) is 1.77. The van der Waals surface area contributed by atoms with Crippen molar-refractivity contribution in [3.05, 3.63) is 0 Å². The summed E-state index contributed by atoms with van der Waals surface area (Å²) < 4.78 is 0. The minimum absolute atomic E-state index is 0.821. The van der Waals surface area contributed by atoms with Crippen LogP contribution in [0.25, 0.3) is 0 Å². The van der Waals surface area contributed by atoms with E-state index in [1.807, 2.05) is 0 Å². The molecule has 0 radical (unpaired) electrons. The maximum Gasteiger partial charge on any atom is 0.000954 e. The molecule has 1 fully saturated rings. The van der Waals surface area contributed by atoms with Crippen LogP contribution in [-0.4, -0.2) is 31.1 Å². The fourth-order valence-corrected chi connectivity index (χ4v) is 2.78. The predicted octanol–water partition coefficient (Wildman–Crippen LogP) is 2.87. The molecule has 0 saturated heterocycles. The van der Waals surface area contributed by atoms with Crippen LogP contribution in [-0.2, 0) is 0 Å². The molecule has 0 amide bonds. The zero-order valence-electron chi connectivity index (χ0n) is 11.3. The number of nitrogens with two attached hydrogens (primary N) is 1. The largest absolute Gasteiger partial charge is 0.330 e. The van der Waals surface area contributed by atoms with Crippen LogP contribution in [0.5, 0.6) is 0 Å². The van der Waals surface area contributed by atoms with Gasteiger partial charge in [-0.1, -0.05) is 20.3 Å². The Balaban J connectivity index is 2.20. The van der Waals surface area contributed by atoms with Crippen LogP contribution in [0.4, 0.5) is 0 Å². The molecule has 1 aliphatic carbocycles. The molecule has 0 bridgehead atoms. The highest BCUT2D eigenvalue weighted by atomic mass is 15.1. The van der Waals surface area contributed by atoms with Crippen molar-refractivity contribution in [1.29, 1.82) is 0 Å². The molecule has 0 aromatic carbocycles. The van der Waals surface area contributed by atoms with Crippen molar-refractivity contribution in [3.63, 3.8) is 0 Å². The molecule has 0 aliphatic heterocycles. The Morgan fingerprint density at radius 2 is 1.69 bits per heavy atom. The molecule has 1 aliphatic rings. The molecule has 16 heavy (non-hydrogen) atoms. The van der Waals surface area contributed by atoms with Crippen LogP contribution >= 0.6 is 0 Å². The molecular weight excluding hydrogens is 196 g/mol. The van der Waals surface area contributed by atoms with Crippen molar-refractivity contribution < 1.29 is 0 Å². The van der Waals surface area contributed by atoms with E-state index in [1.54, 1.807) is 0 Å². The number of nitrogens with zero attached hydrogens (tertiary/aromatic N) is 1. The predicted molar refractivity (Wildman–Crippen MR) is 71.5 cm³/mol. The van der Waals surface area contributed by atoms with Gasteiger partial charge in [0, 0.05) is 6.54 Å². The average Bonchev–Trinajstić information content (AvgIpc) is 2.35. The van der Waals surface area contributed by atoms with Crippen LogP contribution in [0.15, 0.2) is 0 Å². The topological polar surface area (TPSA) is 29.3 Å². The lowest BCUT2D eigenvalue weighted by atomic mass is 9.82. The fourth-order valence-electron chi connectivity index (χ4n) is 2.78. The van der Waals surface area contributed by atoms with Gasteiger partial charge >= 0.3 is 0 Å². The van der Waals surface area contributed by atoms with Gasteiger partial charge in [0.15, 0.2) is 0 Å². The highest BCUT2D eigenvalue weighted by molar-refractivity contribution is 4.75. The van der Waals surface area contributed by atoms with Crippen molar-refractivity contribution in [2.45, 2.75) is 52.4 Å². The van der Waals surface area contributed by atoms with Gasteiger partial charge in [-0.15, -0.1) is 0 Å². The number of rotatable bonds is 7. The second-order valence-corrected chi connectivity index (χ2v) is 5.37. The van der Waals surface area contributed by atoms with Gasteiger partial charge in [0.25, 0.3) is 0 Å². The van der Waals surface area contributed by atoms with E-state index >= 15 is 0 Å². The van der Waals surface area contributed by atoms with Crippen LogP contribution in [0.1, 0.15) is 52.4 Å². The van der Waals surface area contributed by atoms with Gasteiger partial charge < -0.3 is 10.6 Å². The van der Waals surface area contributed by atoms with E-state index < -0.39 is 0 Å². The number of hydrogen-bond donors (Lipinski definition) is 1. The number of unbranched alkanes of at least 4 members (excludes halogenated alkanes) is 1. The summed E-state index contributed by atoms with van der Waals surface area (Å²) in [4.78, 5) is 2.64. The SMILES string of the molecule is CCCCN(CC)CC1CCC(CN)CC1. The molecule has 1 rings (SSSR count). The lowest BCUT2D eigenvalue weighted by Crippen LogP contribution is -2.33. The van der Waals surface area contributed by atoms with Gasteiger partial charge in [-0.3, -0.25) is 0 Å². The second kappa shape index (κ2) is 8.08. The maximum atomic E-state index is 5.73. The minimum atomic E-state index is 0.821. The van der Waals surface area contributed by atoms with Gasteiger partial charge in [-0.25, -0.2) is 0 Å². The summed E-state index contributed by atoms with van der Waals surface area (Å²) in [7, 11) is 0. The average molecular weight is 226 g/mol. The van der Waals surface area contributed by atoms with Crippen molar-refractivity contribution in [1.82, 2.24) is 4.90 Å². The Kier molecular flexibility index (Phi) is 7.06. The van der Waals surface area contributed by atoms with Crippen LogP contribution < -0.4 is 5.73 Å². The molecule has 2 N–H and O–H groups in total. The molecule has 0 aromatic heterocycles. The highest BCUT2D eigenvalue weighted by Gasteiger charge is 2.21. The molecule has 0 atom stereocenters. The summed E-state index contributed by atoms with van der Waals surface area (Å²) in [6.45, 7) is 9.32. The third-order valence-electron chi connectivity index (χ3n) is 4.09. The van der Waals surface area contributed by atoms with Crippen molar-refractivity contribution in [2.24, 2.45) is 17.6 Å². The zero-order valence-corrected chi connectivity index (χ0v) is 11.3. The normalized spacial score (nSPS) is 26.2. The summed E-state index contributed by atoms with van der Waals surface area (Å²) in [5.41, 5.74) is 5.73. The Morgan fingerprint density at radius 1 is 1.06 bits per heavy atom. The maximum absolute atomic E-state index is 5.73. The standard InChI is InChI=1S/C14H30N2/c1-3-5-10-16(4-2)12-14-8-6-13(11-15)7-9-14/h13-14H,3-12,15H2,1-2H3. The first-order chi connectivity index (χ1) is 7.80. The first kappa shape index (κ1) is 14.0. The van der Waals surface area contributed by atoms with Gasteiger partial charge in [0.1, 0.15) is 0 Å². The van der Waals surface area contributed by atoms with Crippen LogP contribution in [0, 0.1) is 11.8 Å². The van der Waals surface area contributed by atoms with Crippen LogP contribution in [0.2, 0.25) is 0 Å². The summed E-state index contributed by atoms with van der Waals surface area (Å²) >= 11 is 0. The summed E-state index contributed by atoms with van der Waals surface area (Å²) in [5, 5.41) is 0. The van der Waals surface area contributed by atoms with Crippen molar-refractivity contribution in [3.8, 4) is 0 Å². The third kappa shape index (κ3) is 4.84. The summed E-state index contributed by atoms with van der Waals surface area (Å²) in [6, 6.07) is 0. The lowest BCUT2D eigenvalue weighted by molar-refractivity contribution is 0.186. The smallest absolute Gasteiger partial charge is 0.000954 e. The quantitative estimate of drug-likeness (QED) is 0.723. The first-order valence-electron chi connectivity index (χ1n) is 7.22. The van der Waals surface area contributed by atoms with Gasteiger partial charge in [-0.2, -0.15) is 0 Å². The fraction of sp³-hybridized carbons (Fsp3) is 1.00. The van der Waals surface area contributed by atoms with E-state index in [1.165, 1.54) is 58.2 Å². The highest BCUT2D eigenvalue weighted by Crippen LogP contribution is 2.28.